The molecule has 0 radical (unpaired) electrons. The molecule has 3 heterocycles. The van der Waals surface area contributed by atoms with Crippen LogP contribution in [0.15, 0.2) is 12.3 Å². The van der Waals surface area contributed by atoms with Crippen LogP contribution in [-0.2, 0) is 11.8 Å². The number of aryl methyl sites for hydroxylation is 1. The van der Waals surface area contributed by atoms with E-state index in [2.05, 4.69) is 15.2 Å². The van der Waals surface area contributed by atoms with Crippen molar-refractivity contribution < 1.29 is 4.79 Å². The molecule has 27 heavy (non-hydrogen) atoms. The van der Waals surface area contributed by atoms with Gasteiger partial charge in [0.1, 0.15) is 5.69 Å². The Morgan fingerprint density at radius 2 is 2.19 bits per heavy atom. The van der Waals surface area contributed by atoms with Gasteiger partial charge in [-0.05, 0) is 50.2 Å². The van der Waals surface area contributed by atoms with Crippen LogP contribution in [0.5, 0.6) is 0 Å². The first-order valence-electron chi connectivity index (χ1n) is 9.94. The molecule has 5 rings (SSSR count). The third-order valence-corrected chi connectivity index (χ3v) is 6.33. The summed E-state index contributed by atoms with van der Waals surface area (Å²) in [5.74, 6) is 1.38. The average Bonchev–Trinajstić information content (AvgIpc) is 3.32. The number of piperidine rings is 1. The van der Waals surface area contributed by atoms with Gasteiger partial charge in [-0.2, -0.15) is 5.10 Å². The molecule has 3 aliphatic rings. The molecule has 1 amide bonds. The number of rotatable bonds is 3. The van der Waals surface area contributed by atoms with Gasteiger partial charge in [0.25, 0.3) is 5.91 Å². The van der Waals surface area contributed by atoms with Crippen LogP contribution in [0.3, 0.4) is 0 Å². The van der Waals surface area contributed by atoms with Crippen molar-refractivity contribution in [2.24, 2.45) is 0 Å². The lowest BCUT2D eigenvalue weighted by Crippen LogP contribution is -2.48. The summed E-state index contributed by atoms with van der Waals surface area (Å²) in [4.78, 5) is 26.4. The third-order valence-electron chi connectivity index (χ3n) is 6.33. The first kappa shape index (κ1) is 16.7. The molecule has 1 atom stereocenters. The van der Waals surface area contributed by atoms with Crippen LogP contribution >= 0.6 is 0 Å². The number of carbonyl (C=O) groups excluding carboxylic acids is 1. The van der Waals surface area contributed by atoms with E-state index in [4.69, 9.17) is 4.98 Å². The van der Waals surface area contributed by atoms with Crippen LogP contribution in [0.25, 0.3) is 0 Å². The van der Waals surface area contributed by atoms with Gasteiger partial charge in [0, 0.05) is 50.4 Å². The largest absolute Gasteiger partial charge is 0.347 e. The Balaban J connectivity index is 1.41. The van der Waals surface area contributed by atoms with E-state index < -0.39 is 0 Å². The number of anilines is 1. The van der Waals surface area contributed by atoms with Crippen molar-refractivity contribution in [1.29, 1.82) is 0 Å². The molecule has 1 unspecified atom stereocenters. The van der Waals surface area contributed by atoms with Gasteiger partial charge in [-0.1, -0.05) is 0 Å². The van der Waals surface area contributed by atoms with Gasteiger partial charge in [0.05, 0.1) is 5.69 Å². The zero-order valence-electron chi connectivity index (χ0n) is 16.0. The molecule has 2 aromatic heterocycles. The van der Waals surface area contributed by atoms with Crippen LogP contribution in [0.2, 0.25) is 0 Å². The molecule has 0 aromatic carbocycles. The van der Waals surface area contributed by atoms with Crippen molar-refractivity contribution in [2.45, 2.75) is 49.9 Å². The van der Waals surface area contributed by atoms with Crippen molar-refractivity contribution >= 4 is 11.9 Å². The second kappa shape index (κ2) is 6.04. The van der Waals surface area contributed by atoms with Crippen molar-refractivity contribution in [3.05, 3.63) is 34.9 Å². The maximum absolute atomic E-state index is 13.1. The monoisotopic (exact) mass is 366 g/mol. The Morgan fingerprint density at radius 1 is 1.33 bits per heavy atom. The number of amides is 1. The maximum atomic E-state index is 13.1. The number of aromatic nitrogens is 4. The maximum Gasteiger partial charge on any atom is 0.274 e. The summed E-state index contributed by atoms with van der Waals surface area (Å²) in [5, 5.41) is 7.36. The van der Waals surface area contributed by atoms with Gasteiger partial charge in [0.2, 0.25) is 5.95 Å². The Morgan fingerprint density at radius 3 is 2.96 bits per heavy atom. The van der Waals surface area contributed by atoms with E-state index in [9.17, 15) is 4.79 Å². The number of nitrogens with one attached hydrogen (secondary N) is 1. The van der Waals surface area contributed by atoms with E-state index in [1.807, 2.05) is 36.2 Å². The number of nitrogens with zero attached hydrogens (tertiary/aromatic N) is 5. The molecule has 1 N–H and O–H groups in total. The third kappa shape index (κ3) is 2.80. The lowest BCUT2D eigenvalue weighted by Gasteiger charge is -2.40. The van der Waals surface area contributed by atoms with Gasteiger partial charge in [-0.25, -0.2) is 9.97 Å². The van der Waals surface area contributed by atoms with Crippen LogP contribution in [-0.4, -0.2) is 58.2 Å². The smallest absolute Gasteiger partial charge is 0.274 e. The zero-order valence-corrected chi connectivity index (χ0v) is 16.0. The second-order valence-electron chi connectivity index (χ2n) is 8.53. The Kier molecular flexibility index (Phi) is 3.74. The predicted molar refractivity (Wildman–Crippen MR) is 102 cm³/mol. The molecule has 1 spiro atoms. The standard InChI is InChI=1S/C20H26N6O/c1-25(2)19-21-11-14-6-8-20(17(14)22-19)7-3-9-26(12-20)18(27)16-10-15(23-24-16)13-4-5-13/h10-11,13H,3-9,12H2,1-2H3,(H,23,24). The molecule has 2 fully saturated rings. The molecular formula is C20H26N6O. The van der Waals surface area contributed by atoms with Gasteiger partial charge in [0.15, 0.2) is 0 Å². The number of carbonyl (C=O) groups is 1. The molecule has 7 nitrogen and oxygen atoms in total. The fourth-order valence-corrected chi connectivity index (χ4v) is 4.66. The van der Waals surface area contributed by atoms with Crippen LogP contribution in [0.1, 0.15) is 65.5 Å². The molecule has 142 valence electrons. The minimum Gasteiger partial charge on any atom is -0.347 e. The van der Waals surface area contributed by atoms with E-state index in [-0.39, 0.29) is 11.3 Å². The highest BCUT2D eigenvalue weighted by molar-refractivity contribution is 5.92. The van der Waals surface area contributed by atoms with E-state index in [0.29, 0.717) is 11.6 Å². The van der Waals surface area contributed by atoms with Crippen molar-refractivity contribution in [3.8, 4) is 0 Å². The summed E-state index contributed by atoms with van der Waals surface area (Å²) in [6.45, 7) is 1.53. The van der Waals surface area contributed by atoms with Gasteiger partial charge in [-0.15, -0.1) is 0 Å². The minimum absolute atomic E-state index is 0.0351. The highest BCUT2D eigenvalue weighted by atomic mass is 16.2. The summed E-state index contributed by atoms with van der Waals surface area (Å²) in [6.07, 6.45) is 8.52. The van der Waals surface area contributed by atoms with Gasteiger partial charge in [-0.3, -0.25) is 9.89 Å². The molecular weight excluding hydrogens is 340 g/mol. The first-order chi connectivity index (χ1) is 13.1. The highest BCUT2D eigenvalue weighted by Gasteiger charge is 2.45. The Bertz CT molecular complexity index is 882. The number of H-pyrrole nitrogens is 1. The molecule has 1 saturated carbocycles. The fourth-order valence-electron chi connectivity index (χ4n) is 4.66. The van der Waals surface area contributed by atoms with Crippen molar-refractivity contribution in [2.75, 3.05) is 32.1 Å². The SMILES string of the molecule is CN(C)c1ncc2c(n1)C1(CCCN(C(=O)c3cc(C4CC4)[nH]n3)C1)CC2. The van der Waals surface area contributed by atoms with Crippen LogP contribution in [0, 0.1) is 0 Å². The topological polar surface area (TPSA) is 78.0 Å². The van der Waals surface area contributed by atoms with E-state index in [0.717, 1.165) is 56.1 Å². The fraction of sp³-hybridized carbons (Fsp3) is 0.600. The lowest BCUT2D eigenvalue weighted by molar-refractivity contribution is 0.0627. The average molecular weight is 366 g/mol. The zero-order chi connectivity index (χ0) is 18.6. The Hall–Kier alpha value is -2.44. The second-order valence-corrected chi connectivity index (χ2v) is 8.53. The van der Waals surface area contributed by atoms with Crippen LogP contribution < -0.4 is 4.90 Å². The van der Waals surface area contributed by atoms with Crippen molar-refractivity contribution in [3.63, 3.8) is 0 Å². The predicted octanol–water partition coefficient (Wildman–Crippen LogP) is 2.26. The number of fused-ring (bicyclic) bond motifs is 2. The lowest BCUT2D eigenvalue weighted by atomic mass is 9.77. The summed E-state index contributed by atoms with van der Waals surface area (Å²) in [7, 11) is 3.93. The van der Waals surface area contributed by atoms with E-state index in [1.54, 1.807) is 0 Å². The molecule has 1 aliphatic heterocycles. The first-order valence-corrected chi connectivity index (χ1v) is 9.94. The summed E-state index contributed by atoms with van der Waals surface area (Å²) in [6, 6.07) is 1.95. The minimum atomic E-state index is -0.0351. The number of hydrogen-bond donors (Lipinski definition) is 1. The summed E-state index contributed by atoms with van der Waals surface area (Å²) < 4.78 is 0. The normalized spacial score (nSPS) is 24.3. The highest BCUT2D eigenvalue weighted by Crippen LogP contribution is 2.44. The summed E-state index contributed by atoms with van der Waals surface area (Å²) in [5.41, 5.74) is 4.03. The van der Waals surface area contributed by atoms with E-state index >= 15 is 0 Å². The molecule has 7 heteroatoms. The number of hydrogen-bond acceptors (Lipinski definition) is 5. The number of likely N-dealkylation sites (tertiary alicyclic amines) is 1. The molecule has 2 aliphatic carbocycles. The Labute approximate surface area is 159 Å². The van der Waals surface area contributed by atoms with E-state index in [1.165, 1.54) is 18.4 Å². The quantitative estimate of drug-likeness (QED) is 0.902. The summed E-state index contributed by atoms with van der Waals surface area (Å²) >= 11 is 0. The van der Waals surface area contributed by atoms with Gasteiger partial charge < -0.3 is 9.80 Å². The number of aromatic amines is 1. The van der Waals surface area contributed by atoms with Crippen LogP contribution in [0.4, 0.5) is 5.95 Å². The van der Waals surface area contributed by atoms with Crippen molar-refractivity contribution in [1.82, 2.24) is 25.1 Å². The molecule has 0 bridgehead atoms. The molecule has 2 aromatic rings. The van der Waals surface area contributed by atoms with Gasteiger partial charge >= 0.3 is 0 Å². The molecule has 1 saturated heterocycles.